The van der Waals surface area contributed by atoms with Crippen molar-refractivity contribution in [3.05, 3.63) is 39.7 Å². The highest BCUT2D eigenvalue weighted by molar-refractivity contribution is 5.43. The summed E-state index contributed by atoms with van der Waals surface area (Å²) in [4.78, 5) is 12.5. The zero-order valence-corrected chi connectivity index (χ0v) is 10.9. The van der Waals surface area contributed by atoms with Gasteiger partial charge in [-0.3, -0.25) is 15.0 Å². The lowest BCUT2D eigenvalue weighted by Crippen LogP contribution is -2.45. The van der Waals surface area contributed by atoms with Crippen molar-refractivity contribution in [1.29, 1.82) is 5.26 Å². The number of nitrogens with zero attached hydrogens (tertiary/aromatic N) is 3. The first kappa shape index (κ1) is 14.4. The Morgan fingerprint density at radius 2 is 2.20 bits per heavy atom. The van der Waals surface area contributed by atoms with Crippen molar-refractivity contribution < 1.29 is 9.31 Å². The van der Waals surface area contributed by atoms with E-state index in [9.17, 15) is 14.5 Å². The molecule has 7 heteroatoms. The van der Waals surface area contributed by atoms with Crippen molar-refractivity contribution in [1.82, 2.24) is 10.2 Å². The number of nitrogens with one attached hydrogen (secondary N) is 1. The SMILES string of the molecule is N#CC[C@@H](c1ccc(F)cc1[N+](=O)[O-])N1CCNCC1. The summed E-state index contributed by atoms with van der Waals surface area (Å²) in [5, 5.41) is 23.3. The van der Waals surface area contributed by atoms with E-state index >= 15 is 0 Å². The van der Waals surface area contributed by atoms with Crippen LogP contribution in [0.5, 0.6) is 0 Å². The molecule has 1 atom stereocenters. The predicted molar refractivity (Wildman–Crippen MR) is 70.5 cm³/mol. The monoisotopic (exact) mass is 278 g/mol. The van der Waals surface area contributed by atoms with Crippen LogP contribution in [0.15, 0.2) is 18.2 Å². The van der Waals surface area contributed by atoms with Crippen LogP contribution in [-0.2, 0) is 0 Å². The van der Waals surface area contributed by atoms with Crippen LogP contribution in [0.3, 0.4) is 0 Å². The normalized spacial score (nSPS) is 17.4. The predicted octanol–water partition coefficient (Wildman–Crippen LogP) is 1.59. The summed E-state index contributed by atoms with van der Waals surface area (Å²) in [6, 6.07) is 5.23. The van der Waals surface area contributed by atoms with E-state index in [-0.39, 0.29) is 18.2 Å². The van der Waals surface area contributed by atoms with Crippen LogP contribution in [0.25, 0.3) is 0 Å². The number of rotatable bonds is 4. The second-order valence-electron chi connectivity index (χ2n) is 4.62. The van der Waals surface area contributed by atoms with E-state index in [0.717, 1.165) is 19.2 Å². The Morgan fingerprint density at radius 3 is 2.80 bits per heavy atom. The summed E-state index contributed by atoms with van der Waals surface area (Å²) in [5.74, 6) is -0.642. The van der Waals surface area contributed by atoms with Crippen molar-refractivity contribution in [3.8, 4) is 6.07 Å². The fourth-order valence-corrected chi connectivity index (χ4v) is 2.47. The molecule has 1 fully saturated rings. The van der Waals surface area contributed by atoms with Gasteiger partial charge < -0.3 is 5.32 Å². The molecule has 6 nitrogen and oxygen atoms in total. The lowest BCUT2D eigenvalue weighted by atomic mass is 9.99. The molecule has 1 N–H and O–H groups in total. The Labute approximate surface area is 116 Å². The maximum absolute atomic E-state index is 13.2. The van der Waals surface area contributed by atoms with Crippen molar-refractivity contribution in [3.63, 3.8) is 0 Å². The van der Waals surface area contributed by atoms with Gasteiger partial charge in [0.05, 0.1) is 29.5 Å². The summed E-state index contributed by atoms with van der Waals surface area (Å²) < 4.78 is 13.2. The maximum atomic E-state index is 13.2. The fraction of sp³-hybridized carbons (Fsp3) is 0.462. The molecule has 1 aromatic carbocycles. The van der Waals surface area contributed by atoms with Gasteiger partial charge in [0.2, 0.25) is 0 Å². The van der Waals surface area contributed by atoms with Crippen molar-refractivity contribution in [2.24, 2.45) is 0 Å². The molecule has 1 aromatic rings. The number of piperazine rings is 1. The Morgan fingerprint density at radius 1 is 1.50 bits per heavy atom. The summed E-state index contributed by atoms with van der Waals surface area (Å²) in [5.41, 5.74) is 0.142. The number of hydrogen-bond acceptors (Lipinski definition) is 5. The molecule has 0 bridgehead atoms. The molecular weight excluding hydrogens is 263 g/mol. The Balaban J connectivity index is 2.38. The van der Waals surface area contributed by atoms with E-state index in [0.29, 0.717) is 18.7 Å². The summed E-state index contributed by atoms with van der Waals surface area (Å²) in [6.45, 7) is 2.97. The Kier molecular flexibility index (Phi) is 4.61. The smallest absolute Gasteiger partial charge is 0.277 e. The number of nitro benzene ring substituents is 1. The lowest BCUT2D eigenvalue weighted by molar-refractivity contribution is -0.386. The molecule has 106 valence electrons. The van der Waals surface area contributed by atoms with Crippen LogP contribution in [0.1, 0.15) is 18.0 Å². The standard InChI is InChI=1S/C13H15FN4O2/c14-10-1-2-11(13(9-10)18(19)20)12(3-4-15)17-7-5-16-6-8-17/h1-2,9,12,16H,3,5-8H2/t12-/m0/s1. The van der Waals surface area contributed by atoms with Crippen molar-refractivity contribution in [2.75, 3.05) is 26.2 Å². The Hall–Kier alpha value is -2.04. The molecule has 20 heavy (non-hydrogen) atoms. The topological polar surface area (TPSA) is 82.2 Å². The third-order valence-corrected chi connectivity index (χ3v) is 3.43. The number of nitriles is 1. The lowest BCUT2D eigenvalue weighted by Gasteiger charge is -2.33. The highest BCUT2D eigenvalue weighted by Gasteiger charge is 2.28. The summed E-state index contributed by atoms with van der Waals surface area (Å²) in [7, 11) is 0. The van der Waals surface area contributed by atoms with Crippen molar-refractivity contribution >= 4 is 5.69 Å². The molecule has 0 saturated carbocycles. The molecule has 1 heterocycles. The van der Waals surface area contributed by atoms with Gasteiger partial charge in [-0.05, 0) is 12.1 Å². The maximum Gasteiger partial charge on any atom is 0.277 e. The van der Waals surface area contributed by atoms with E-state index < -0.39 is 10.7 Å². The minimum absolute atomic E-state index is 0.145. The average Bonchev–Trinajstić information content (AvgIpc) is 2.46. The number of benzene rings is 1. The van der Waals surface area contributed by atoms with Gasteiger partial charge in [0.25, 0.3) is 5.69 Å². The highest BCUT2D eigenvalue weighted by atomic mass is 19.1. The van der Waals surface area contributed by atoms with Crippen LogP contribution in [-0.4, -0.2) is 36.0 Å². The van der Waals surface area contributed by atoms with Gasteiger partial charge in [0.15, 0.2) is 0 Å². The van der Waals surface area contributed by atoms with Crippen LogP contribution >= 0.6 is 0 Å². The van der Waals surface area contributed by atoms with Crippen LogP contribution in [0.4, 0.5) is 10.1 Å². The van der Waals surface area contributed by atoms with E-state index in [1.54, 1.807) is 0 Å². The largest absolute Gasteiger partial charge is 0.314 e. The molecular formula is C13H15FN4O2. The second-order valence-corrected chi connectivity index (χ2v) is 4.62. The zero-order chi connectivity index (χ0) is 14.5. The van der Waals surface area contributed by atoms with Crippen LogP contribution < -0.4 is 5.32 Å². The van der Waals surface area contributed by atoms with E-state index in [1.807, 2.05) is 4.90 Å². The minimum atomic E-state index is -0.642. The van der Waals surface area contributed by atoms with Crippen molar-refractivity contribution in [2.45, 2.75) is 12.5 Å². The summed E-state index contributed by atoms with van der Waals surface area (Å²) >= 11 is 0. The van der Waals surface area contributed by atoms with Gasteiger partial charge in [-0.2, -0.15) is 5.26 Å². The average molecular weight is 278 g/mol. The van der Waals surface area contributed by atoms with Crippen LogP contribution in [0, 0.1) is 27.3 Å². The number of halogens is 1. The number of hydrogen-bond donors (Lipinski definition) is 1. The Bertz CT molecular complexity index is 538. The van der Waals surface area contributed by atoms with E-state index in [1.165, 1.54) is 12.1 Å². The number of nitro groups is 1. The molecule has 0 radical (unpaired) electrons. The van der Waals surface area contributed by atoms with Gasteiger partial charge in [-0.25, -0.2) is 4.39 Å². The molecule has 0 aliphatic carbocycles. The van der Waals surface area contributed by atoms with E-state index in [2.05, 4.69) is 11.4 Å². The molecule has 0 unspecified atom stereocenters. The third kappa shape index (κ3) is 3.10. The molecule has 0 spiro atoms. The first-order chi connectivity index (χ1) is 9.63. The molecule has 1 aliphatic heterocycles. The summed E-state index contributed by atoms with van der Waals surface area (Å²) in [6.07, 6.45) is 0.145. The first-order valence-corrected chi connectivity index (χ1v) is 6.39. The van der Waals surface area contributed by atoms with Gasteiger partial charge >= 0.3 is 0 Å². The van der Waals surface area contributed by atoms with Gasteiger partial charge in [-0.1, -0.05) is 0 Å². The minimum Gasteiger partial charge on any atom is -0.314 e. The second kappa shape index (κ2) is 6.41. The van der Waals surface area contributed by atoms with Crippen LogP contribution in [0.2, 0.25) is 0 Å². The van der Waals surface area contributed by atoms with E-state index in [4.69, 9.17) is 5.26 Å². The third-order valence-electron chi connectivity index (χ3n) is 3.43. The molecule has 2 rings (SSSR count). The molecule has 1 aliphatic rings. The molecule has 1 saturated heterocycles. The highest BCUT2D eigenvalue weighted by Crippen LogP contribution is 2.32. The van der Waals surface area contributed by atoms with Gasteiger partial charge in [0, 0.05) is 31.7 Å². The first-order valence-electron chi connectivity index (χ1n) is 6.39. The molecule has 0 amide bonds. The van der Waals surface area contributed by atoms with Gasteiger partial charge in [-0.15, -0.1) is 0 Å². The fourth-order valence-electron chi connectivity index (χ4n) is 2.47. The molecule has 0 aromatic heterocycles. The van der Waals surface area contributed by atoms with Gasteiger partial charge in [0.1, 0.15) is 5.82 Å². The zero-order valence-electron chi connectivity index (χ0n) is 10.9. The quantitative estimate of drug-likeness (QED) is 0.668.